The largest absolute Gasteiger partial charge is 0.387 e. The van der Waals surface area contributed by atoms with E-state index in [4.69, 9.17) is 0 Å². The monoisotopic (exact) mass is 201 g/mol. The van der Waals surface area contributed by atoms with Gasteiger partial charge in [0.2, 0.25) is 0 Å². The molecule has 0 aliphatic heterocycles. The number of hydrogen-bond acceptors (Lipinski definition) is 2. The molecule has 0 amide bonds. The minimum Gasteiger partial charge on any atom is -0.387 e. The van der Waals surface area contributed by atoms with E-state index in [-0.39, 0.29) is 18.5 Å². The smallest absolute Gasteiger partial charge is 0.0914 e. The Kier molecular flexibility index (Phi) is 6.59. The summed E-state index contributed by atoms with van der Waals surface area (Å²) in [6.45, 7) is 3.54. The van der Waals surface area contributed by atoms with Gasteiger partial charge in [-0.05, 0) is 12.1 Å². The van der Waals surface area contributed by atoms with Gasteiger partial charge in [-0.25, -0.2) is 0 Å². The van der Waals surface area contributed by atoms with Crippen LogP contribution in [0.15, 0.2) is 30.3 Å². The third-order valence-corrected chi connectivity index (χ3v) is 1.77. The van der Waals surface area contributed by atoms with Gasteiger partial charge in [0.05, 0.1) is 6.10 Å². The molecule has 0 spiro atoms. The van der Waals surface area contributed by atoms with E-state index in [0.717, 1.165) is 12.1 Å². The SMILES string of the molecule is CCNCC(O)c1ccccc1.Cl. The third kappa shape index (κ3) is 4.27. The zero-order valence-electron chi connectivity index (χ0n) is 7.73. The van der Waals surface area contributed by atoms with E-state index in [9.17, 15) is 5.11 Å². The zero-order chi connectivity index (χ0) is 8.81. The highest BCUT2D eigenvalue weighted by Gasteiger charge is 2.03. The minimum atomic E-state index is -0.383. The van der Waals surface area contributed by atoms with Gasteiger partial charge in [0.1, 0.15) is 0 Å². The van der Waals surface area contributed by atoms with Gasteiger partial charge in [-0.15, -0.1) is 12.4 Å². The normalized spacial score (nSPS) is 11.8. The Labute approximate surface area is 85.4 Å². The highest BCUT2D eigenvalue weighted by Crippen LogP contribution is 2.09. The molecule has 0 aromatic heterocycles. The second kappa shape index (κ2) is 6.89. The van der Waals surface area contributed by atoms with Crippen LogP contribution in [0.3, 0.4) is 0 Å². The van der Waals surface area contributed by atoms with Crippen LogP contribution in [0.2, 0.25) is 0 Å². The van der Waals surface area contributed by atoms with Crippen LogP contribution in [0.4, 0.5) is 0 Å². The van der Waals surface area contributed by atoms with E-state index < -0.39 is 0 Å². The quantitative estimate of drug-likeness (QED) is 0.778. The van der Waals surface area contributed by atoms with Gasteiger partial charge in [0.25, 0.3) is 0 Å². The van der Waals surface area contributed by atoms with Crippen molar-refractivity contribution in [2.45, 2.75) is 13.0 Å². The van der Waals surface area contributed by atoms with Crippen molar-refractivity contribution in [1.82, 2.24) is 5.32 Å². The molecular formula is C10H16ClNO. The van der Waals surface area contributed by atoms with Gasteiger partial charge in [-0.2, -0.15) is 0 Å². The lowest BCUT2D eigenvalue weighted by atomic mass is 10.1. The number of halogens is 1. The molecular weight excluding hydrogens is 186 g/mol. The lowest BCUT2D eigenvalue weighted by molar-refractivity contribution is 0.175. The molecule has 1 unspecified atom stereocenters. The lowest BCUT2D eigenvalue weighted by Crippen LogP contribution is -2.20. The summed E-state index contributed by atoms with van der Waals surface area (Å²) in [6.07, 6.45) is -0.383. The molecule has 1 rings (SSSR count). The van der Waals surface area contributed by atoms with Gasteiger partial charge in [-0.1, -0.05) is 37.3 Å². The number of aliphatic hydroxyl groups is 1. The Bertz CT molecular complexity index is 215. The summed E-state index contributed by atoms with van der Waals surface area (Å²) in [5.74, 6) is 0. The molecule has 2 nitrogen and oxygen atoms in total. The van der Waals surface area contributed by atoms with Crippen molar-refractivity contribution >= 4 is 12.4 Å². The number of benzene rings is 1. The summed E-state index contributed by atoms with van der Waals surface area (Å²) >= 11 is 0. The number of rotatable bonds is 4. The van der Waals surface area contributed by atoms with Crippen molar-refractivity contribution in [3.8, 4) is 0 Å². The second-order valence-electron chi connectivity index (χ2n) is 2.73. The first-order valence-corrected chi connectivity index (χ1v) is 4.28. The molecule has 0 aliphatic carbocycles. The molecule has 1 aromatic carbocycles. The summed E-state index contributed by atoms with van der Waals surface area (Å²) in [5, 5.41) is 12.7. The number of nitrogens with one attached hydrogen (secondary N) is 1. The maximum absolute atomic E-state index is 9.59. The Morgan fingerprint density at radius 2 is 1.92 bits per heavy atom. The summed E-state index contributed by atoms with van der Waals surface area (Å²) in [6, 6.07) is 9.68. The molecule has 0 bridgehead atoms. The van der Waals surface area contributed by atoms with Crippen LogP contribution < -0.4 is 5.32 Å². The van der Waals surface area contributed by atoms with Crippen molar-refractivity contribution in [1.29, 1.82) is 0 Å². The van der Waals surface area contributed by atoms with E-state index in [2.05, 4.69) is 5.32 Å². The van der Waals surface area contributed by atoms with Gasteiger partial charge in [0, 0.05) is 6.54 Å². The maximum Gasteiger partial charge on any atom is 0.0914 e. The van der Waals surface area contributed by atoms with Gasteiger partial charge < -0.3 is 10.4 Å². The first-order chi connectivity index (χ1) is 5.84. The average Bonchev–Trinajstić information content (AvgIpc) is 2.15. The maximum atomic E-state index is 9.59. The van der Waals surface area contributed by atoms with Gasteiger partial charge in [-0.3, -0.25) is 0 Å². The van der Waals surface area contributed by atoms with Crippen molar-refractivity contribution in [3.05, 3.63) is 35.9 Å². The first kappa shape index (κ1) is 12.4. The molecule has 2 N–H and O–H groups in total. The van der Waals surface area contributed by atoms with E-state index in [0.29, 0.717) is 6.54 Å². The lowest BCUT2D eigenvalue weighted by Gasteiger charge is -2.10. The highest BCUT2D eigenvalue weighted by atomic mass is 35.5. The molecule has 0 saturated heterocycles. The van der Waals surface area contributed by atoms with Crippen molar-refractivity contribution in [2.75, 3.05) is 13.1 Å². The first-order valence-electron chi connectivity index (χ1n) is 4.28. The standard InChI is InChI=1S/C10H15NO.ClH/c1-2-11-8-10(12)9-6-4-3-5-7-9;/h3-7,10-12H,2,8H2,1H3;1H. The fraction of sp³-hybridized carbons (Fsp3) is 0.400. The molecule has 0 saturated carbocycles. The second-order valence-corrected chi connectivity index (χ2v) is 2.73. The molecule has 0 aliphatic rings. The molecule has 1 aromatic rings. The predicted octanol–water partition coefficient (Wildman–Crippen LogP) is 1.75. The van der Waals surface area contributed by atoms with Crippen LogP contribution in [0.25, 0.3) is 0 Å². The average molecular weight is 202 g/mol. The molecule has 13 heavy (non-hydrogen) atoms. The summed E-state index contributed by atoms with van der Waals surface area (Å²) in [4.78, 5) is 0. The molecule has 1 atom stereocenters. The fourth-order valence-corrected chi connectivity index (χ4v) is 1.07. The number of aliphatic hydroxyl groups excluding tert-OH is 1. The third-order valence-electron chi connectivity index (χ3n) is 1.77. The van der Waals surface area contributed by atoms with E-state index in [1.54, 1.807) is 0 Å². The van der Waals surface area contributed by atoms with Gasteiger partial charge >= 0.3 is 0 Å². The summed E-state index contributed by atoms with van der Waals surface area (Å²) in [7, 11) is 0. The predicted molar refractivity (Wildman–Crippen MR) is 57.2 cm³/mol. The minimum absolute atomic E-state index is 0. The molecule has 74 valence electrons. The van der Waals surface area contributed by atoms with Crippen LogP contribution in [-0.2, 0) is 0 Å². The van der Waals surface area contributed by atoms with Crippen molar-refractivity contribution < 1.29 is 5.11 Å². The van der Waals surface area contributed by atoms with Crippen LogP contribution in [0.5, 0.6) is 0 Å². The van der Waals surface area contributed by atoms with Gasteiger partial charge in [0.15, 0.2) is 0 Å². The Balaban J connectivity index is 0.00000144. The Morgan fingerprint density at radius 3 is 2.46 bits per heavy atom. The summed E-state index contributed by atoms with van der Waals surface area (Å²) in [5.41, 5.74) is 0.971. The highest BCUT2D eigenvalue weighted by molar-refractivity contribution is 5.85. The van der Waals surface area contributed by atoms with Crippen molar-refractivity contribution in [2.24, 2.45) is 0 Å². The van der Waals surface area contributed by atoms with Crippen LogP contribution in [0, 0.1) is 0 Å². The van der Waals surface area contributed by atoms with Crippen molar-refractivity contribution in [3.63, 3.8) is 0 Å². The van der Waals surface area contributed by atoms with E-state index in [1.807, 2.05) is 37.3 Å². The Hall–Kier alpha value is -0.570. The van der Waals surface area contributed by atoms with Crippen LogP contribution in [-0.4, -0.2) is 18.2 Å². The molecule has 0 fully saturated rings. The number of hydrogen-bond donors (Lipinski definition) is 2. The molecule has 0 radical (unpaired) electrons. The molecule has 3 heteroatoms. The fourth-order valence-electron chi connectivity index (χ4n) is 1.07. The van der Waals surface area contributed by atoms with Crippen LogP contribution >= 0.6 is 12.4 Å². The van der Waals surface area contributed by atoms with E-state index >= 15 is 0 Å². The molecule has 0 heterocycles. The van der Waals surface area contributed by atoms with Crippen LogP contribution in [0.1, 0.15) is 18.6 Å². The zero-order valence-corrected chi connectivity index (χ0v) is 8.55. The Morgan fingerprint density at radius 1 is 1.31 bits per heavy atom. The topological polar surface area (TPSA) is 32.3 Å². The van der Waals surface area contributed by atoms with E-state index in [1.165, 1.54) is 0 Å². The number of likely N-dealkylation sites (N-methyl/N-ethyl adjacent to an activating group) is 1. The summed E-state index contributed by atoms with van der Waals surface area (Å²) < 4.78 is 0.